The van der Waals surface area contributed by atoms with E-state index >= 15 is 0 Å². The van der Waals surface area contributed by atoms with Crippen molar-refractivity contribution >= 4 is 58.0 Å². The van der Waals surface area contributed by atoms with Gasteiger partial charge in [-0.25, -0.2) is 14.4 Å². The number of benzene rings is 2. The van der Waals surface area contributed by atoms with E-state index in [4.69, 9.17) is 21.5 Å². The summed E-state index contributed by atoms with van der Waals surface area (Å²) in [7, 11) is 3.34. The Morgan fingerprint density at radius 3 is 2.67 bits per heavy atom. The van der Waals surface area contributed by atoms with Gasteiger partial charge in [-0.2, -0.15) is 0 Å². The second-order valence-corrected chi connectivity index (χ2v) is 13.8. The number of hydrogen-bond donors (Lipinski definition) is 1. The van der Waals surface area contributed by atoms with Crippen LogP contribution >= 0.6 is 11.8 Å². The molecule has 1 aliphatic carbocycles. The highest BCUT2D eigenvalue weighted by Crippen LogP contribution is 2.35. The highest BCUT2D eigenvalue weighted by atomic mass is 35.5. The van der Waals surface area contributed by atoms with Gasteiger partial charge in [0, 0.05) is 79.6 Å². The molecule has 0 saturated heterocycles. The number of nitrogens with one attached hydrogen (secondary N) is 1. The van der Waals surface area contributed by atoms with Crippen molar-refractivity contribution < 1.29 is 19.1 Å². The van der Waals surface area contributed by atoms with Gasteiger partial charge in [0.1, 0.15) is 5.52 Å². The maximum absolute atomic E-state index is 13.8. The number of nitrogens with zero attached hydrogens (tertiary/aromatic N) is 6. The molecule has 51 heavy (non-hydrogen) atoms. The molecule has 12 heteroatoms. The Kier molecular flexibility index (Phi) is 9.84. The van der Waals surface area contributed by atoms with Crippen molar-refractivity contribution in [2.75, 3.05) is 29.9 Å². The summed E-state index contributed by atoms with van der Waals surface area (Å²) in [6, 6.07) is 17.1. The Balaban J connectivity index is 1.05. The van der Waals surface area contributed by atoms with Gasteiger partial charge in [-0.1, -0.05) is 24.3 Å². The Hall–Kier alpha value is -5.13. The average molecular weight is 706 g/mol. The number of carbonyl (C=O) groups excluding carboxylic acids is 3. The molecule has 1 aliphatic heterocycles. The van der Waals surface area contributed by atoms with Crippen LogP contribution in [0.4, 0.5) is 17.2 Å². The third kappa shape index (κ3) is 6.96. The molecule has 11 nitrogen and oxygen atoms in total. The van der Waals surface area contributed by atoms with Gasteiger partial charge in [-0.3, -0.25) is 24.3 Å². The minimum absolute atomic E-state index is 0.0189. The number of methoxy groups -OCH3 is 1. The van der Waals surface area contributed by atoms with E-state index in [9.17, 15) is 14.4 Å². The fraction of sp³-hybridized carbons (Fsp3) is 0.333. The van der Waals surface area contributed by atoms with Gasteiger partial charge >= 0.3 is 11.9 Å². The van der Waals surface area contributed by atoms with Gasteiger partial charge in [0.05, 0.1) is 24.4 Å². The highest BCUT2D eigenvalue weighted by molar-refractivity contribution is 6.38. The second kappa shape index (κ2) is 14.6. The quantitative estimate of drug-likeness (QED) is 0.0978. The van der Waals surface area contributed by atoms with Gasteiger partial charge in [0.15, 0.2) is 12.1 Å². The molecule has 1 fully saturated rings. The molecular weight excluding hydrogens is 666 g/mol. The maximum Gasteiger partial charge on any atom is 0.308 e. The number of ether oxygens (including phenoxy) is 1. The van der Waals surface area contributed by atoms with Crippen molar-refractivity contribution in [1.82, 2.24) is 24.4 Å². The van der Waals surface area contributed by atoms with Gasteiger partial charge in [-0.05, 0) is 85.5 Å². The number of halogens is 1. The van der Waals surface area contributed by atoms with Crippen LogP contribution in [0.15, 0.2) is 67.0 Å². The number of fused-ring (bicyclic) bond motifs is 2. The molecule has 262 valence electrons. The zero-order valence-electron chi connectivity index (χ0n) is 28.9. The van der Waals surface area contributed by atoms with E-state index in [0.717, 1.165) is 95.1 Å². The molecule has 0 unspecified atom stereocenters. The summed E-state index contributed by atoms with van der Waals surface area (Å²) in [5, 5.41) is 4.23. The number of hydrogen-bond acceptors (Lipinski definition) is 9. The first kappa shape index (κ1) is 34.3. The first-order chi connectivity index (χ1) is 24.7. The molecule has 3 aromatic heterocycles. The van der Waals surface area contributed by atoms with Crippen LogP contribution in [0.2, 0.25) is 0 Å². The standard InChI is InChI=1S/C39H40ClN7O4/c1-24-31(8-5-9-32(24)43-36-35-29(14-16-41-36)18-26(23-48)20-42-35)28-6-4-7-30(19-28)47(40)38(49)37-44-33-22-46(17-15-34(33)45(37)2)21-25-10-12-27(13-11-25)39(50)51-3/h4-9,14,16,18-20,23,25,27H,10-13,15,17,21-22H2,1-3H3,(H,41,43). The van der Waals surface area contributed by atoms with Crippen LogP contribution in [-0.2, 0) is 29.5 Å². The summed E-state index contributed by atoms with van der Waals surface area (Å²) in [6.45, 7) is 4.55. The number of pyridine rings is 2. The van der Waals surface area contributed by atoms with E-state index in [1.54, 1.807) is 12.3 Å². The van der Waals surface area contributed by atoms with Crippen molar-refractivity contribution in [1.29, 1.82) is 0 Å². The van der Waals surface area contributed by atoms with Crippen LogP contribution in [0.1, 0.15) is 63.6 Å². The highest BCUT2D eigenvalue weighted by Gasteiger charge is 2.31. The fourth-order valence-corrected chi connectivity index (χ4v) is 7.67. The van der Waals surface area contributed by atoms with E-state index in [-0.39, 0.29) is 11.9 Å². The van der Waals surface area contributed by atoms with E-state index in [2.05, 4.69) is 20.2 Å². The molecular formula is C39H40ClN7O4. The Morgan fingerprint density at radius 2 is 1.88 bits per heavy atom. The predicted octanol–water partition coefficient (Wildman–Crippen LogP) is 7.03. The van der Waals surface area contributed by atoms with Crippen molar-refractivity contribution in [2.24, 2.45) is 18.9 Å². The number of amides is 1. The Morgan fingerprint density at radius 1 is 1.08 bits per heavy atom. The predicted molar refractivity (Wildman–Crippen MR) is 197 cm³/mol. The third-order valence-electron chi connectivity index (χ3n) is 10.3. The minimum Gasteiger partial charge on any atom is -0.469 e. The second-order valence-electron chi connectivity index (χ2n) is 13.5. The molecule has 1 amide bonds. The maximum atomic E-state index is 13.8. The number of imidazole rings is 1. The van der Waals surface area contributed by atoms with E-state index < -0.39 is 5.91 Å². The van der Waals surface area contributed by atoms with E-state index in [1.807, 2.05) is 67.1 Å². The third-order valence-corrected chi connectivity index (χ3v) is 10.7. The van der Waals surface area contributed by atoms with Crippen LogP contribution in [0.3, 0.4) is 0 Å². The van der Waals surface area contributed by atoms with Gasteiger partial charge < -0.3 is 14.6 Å². The van der Waals surface area contributed by atoms with Gasteiger partial charge in [0.25, 0.3) is 0 Å². The molecule has 0 spiro atoms. The number of esters is 1. The van der Waals surface area contributed by atoms with E-state index in [1.165, 1.54) is 13.3 Å². The van der Waals surface area contributed by atoms with Crippen LogP contribution in [0.25, 0.3) is 22.0 Å². The van der Waals surface area contributed by atoms with Crippen molar-refractivity contribution in [3.63, 3.8) is 0 Å². The van der Waals surface area contributed by atoms with Crippen molar-refractivity contribution in [3.05, 3.63) is 95.3 Å². The number of carbonyl (C=O) groups is 3. The lowest BCUT2D eigenvalue weighted by atomic mass is 9.81. The zero-order valence-corrected chi connectivity index (χ0v) is 29.7. The summed E-state index contributed by atoms with van der Waals surface area (Å²) in [5.41, 5.74) is 7.34. The van der Waals surface area contributed by atoms with Gasteiger partial charge in [0.2, 0.25) is 5.82 Å². The minimum atomic E-state index is -0.391. The molecule has 4 heterocycles. The van der Waals surface area contributed by atoms with Crippen LogP contribution in [0, 0.1) is 18.8 Å². The summed E-state index contributed by atoms with van der Waals surface area (Å²) in [4.78, 5) is 53.2. The molecule has 2 aromatic carbocycles. The SMILES string of the molecule is COC(=O)C1CCC(CN2CCc3c(nc(C(=O)N(Cl)c4cccc(-c5cccc(Nc6nccc7cc(C=O)cnc67)c5C)c4)n3C)C2)CC1. The number of anilines is 3. The number of rotatable bonds is 9. The molecule has 0 atom stereocenters. The molecule has 0 radical (unpaired) electrons. The largest absolute Gasteiger partial charge is 0.469 e. The lowest BCUT2D eigenvalue weighted by Crippen LogP contribution is -2.36. The Bertz CT molecular complexity index is 2120. The molecule has 1 N–H and O–H groups in total. The molecule has 1 saturated carbocycles. The summed E-state index contributed by atoms with van der Waals surface area (Å²) in [5.74, 6) is 0.958. The normalized spacial score (nSPS) is 17.5. The average Bonchev–Trinajstić information content (AvgIpc) is 3.49. The molecule has 2 aliphatic rings. The lowest BCUT2D eigenvalue weighted by Gasteiger charge is -2.33. The van der Waals surface area contributed by atoms with Crippen molar-refractivity contribution in [2.45, 2.75) is 45.6 Å². The fourth-order valence-electron chi connectivity index (χ4n) is 7.49. The van der Waals surface area contributed by atoms with E-state index in [0.29, 0.717) is 40.9 Å². The zero-order chi connectivity index (χ0) is 35.6. The number of aldehydes is 1. The molecule has 7 rings (SSSR count). The first-order valence-corrected chi connectivity index (χ1v) is 17.6. The summed E-state index contributed by atoms with van der Waals surface area (Å²) >= 11 is 6.78. The van der Waals surface area contributed by atoms with Crippen LogP contribution in [-0.4, -0.2) is 62.8 Å². The molecule has 5 aromatic rings. The lowest BCUT2D eigenvalue weighted by molar-refractivity contribution is -0.146. The summed E-state index contributed by atoms with van der Waals surface area (Å²) < 4.78 is 7.97. The monoisotopic (exact) mass is 705 g/mol. The first-order valence-electron chi connectivity index (χ1n) is 17.3. The molecule has 0 bridgehead atoms. The van der Waals surface area contributed by atoms with Crippen LogP contribution < -0.4 is 9.74 Å². The van der Waals surface area contributed by atoms with Crippen molar-refractivity contribution in [3.8, 4) is 11.1 Å². The van der Waals surface area contributed by atoms with Gasteiger partial charge in [-0.15, -0.1) is 0 Å². The smallest absolute Gasteiger partial charge is 0.308 e. The van der Waals surface area contributed by atoms with Crippen LogP contribution in [0.5, 0.6) is 0 Å². The number of aromatic nitrogens is 4. The summed E-state index contributed by atoms with van der Waals surface area (Å²) in [6.07, 6.45) is 8.57. The topological polar surface area (TPSA) is 123 Å². The Labute approximate surface area is 301 Å².